The summed E-state index contributed by atoms with van der Waals surface area (Å²) in [4.78, 5) is 36.7. The number of hydrogen-bond acceptors (Lipinski definition) is 7. The van der Waals surface area contributed by atoms with E-state index in [1.54, 1.807) is 42.5 Å². The largest absolute Gasteiger partial charge is 0.490 e. The molecule has 1 amide bonds. The van der Waals surface area contributed by atoms with Gasteiger partial charge in [0.05, 0.1) is 30.7 Å². The van der Waals surface area contributed by atoms with Crippen LogP contribution in [0.5, 0.6) is 11.5 Å². The molecule has 0 radical (unpaired) electrons. The maximum absolute atomic E-state index is 12.3. The number of fused-ring (bicyclic) bond motifs is 1. The van der Waals surface area contributed by atoms with Crippen LogP contribution in [-0.4, -0.2) is 41.5 Å². The molecular formula is C23H25N3O6. The van der Waals surface area contributed by atoms with Crippen LogP contribution in [0.25, 0.3) is 10.8 Å². The van der Waals surface area contributed by atoms with E-state index in [0.717, 1.165) is 0 Å². The molecule has 0 saturated carbocycles. The van der Waals surface area contributed by atoms with Crippen molar-refractivity contribution in [2.75, 3.05) is 25.1 Å². The Labute approximate surface area is 184 Å². The van der Waals surface area contributed by atoms with Gasteiger partial charge in [-0.05, 0) is 32.0 Å². The van der Waals surface area contributed by atoms with Gasteiger partial charge in [0.2, 0.25) is 0 Å². The van der Waals surface area contributed by atoms with Crippen LogP contribution in [0.15, 0.2) is 47.3 Å². The van der Waals surface area contributed by atoms with Crippen LogP contribution in [0, 0.1) is 0 Å². The molecular weight excluding hydrogens is 414 g/mol. The molecule has 0 aliphatic rings. The van der Waals surface area contributed by atoms with Crippen molar-refractivity contribution in [2.24, 2.45) is 7.05 Å². The van der Waals surface area contributed by atoms with Gasteiger partial charge in [0.25, 0.3) is 11.5 Å². The Bertz CT molecular complexity index is 1190. The molecule has 1 heterocycles. The zero-order chi connectivity index (χ0) is 23.1. The van der Waals surface area contributed by atoms with Gasteiger partial charge in [-0.2, -0.15) is 5.10 Å². The van der Waals surface area contributed by atoms with Crippen molar-refractivity contribution in [3.8, 4) is 11.5 Å². The van der Waals surface area contributed by atoms with E-state index in [1.165, 1.54) is 11.7 Å². The fourth-order valence-electron chi connectivity index (χ4n) is 3.17. The Morgan fingerprint density at radius 1 is 1.00 bits per heavy atom. The Kier molecular flexibility index (Phi) is 7.43. The van der Waals surface area contributed by atoms with E-state index >= 15 is 0 Å². The predicted molar refractivity (Wildman–Crippen MR) is 119 cm³/mol. The molecule has 0 aliphatic heterocycles. The van der Waals surface area contributed by atoms with Gasteiger partial charge < -0.3 is 19.5 Å². The molecule has 2 aromatic carbocycles. The molecule has 0 aliphatic carbocycles. The normalized spacial score (nSPS) is 10.6. The summed E-state index contributed by atoms with van der Waals surface area (Å²) in [5.41, 5.74) is 0.642. The maximum Gasteiger partial charge on any atom is 0.312 e. The lowest BCUT2D eigenvalue weighted by Gasteiger charge is -2.13. The van der Waals surface area contributed by atoms with Crippen molar-refractivity contribution in [3.63, 3.8) is 0 Å². The highest BCUT2D eigenvalue weighted by Gasteiger charge is 2.15. The molecule has 0 bridgehead atoms. The number of esters is 1. The maximum atomic E-state index is 12.3. The summed E-state index contributed by atoms with van der Waals surface area (Å²) >= 11 is 0. The van der Waals surface area contributed by atoms with Crippen LogP contribution in [-0.2, 0) is 27.8 Å². The van der Waals surface area contributed by atoms with Crippen molar-refractivity contribution in [3.05, 3.63) is 58.5 Å². The SMILES string of the molecule is CCOc1ccc(NC(=O)COC(=O)Cc2nn(C)c(=O)c3ccccc23)cc1OCC. The number of nitrogens with zero attached hydrogens (tertiary/aromatic N) is 2. The minimum atomic E-state index is -0.627. The molecule has 9 heteroatoms. The van der Waals surface area contributed by atoms with Crippen molar-refractivity contribution in [2.45, 2.75) is 20.3 Å². The summed E-state index contributed by atoms with van der Waals surface area (Å²) in [6, 6.07) is 11.9. The second-order valence-corrected chi connectivity index (χ2v) is 6.83. The summed E-state index contributed by atoms with van der Waals surface area (Å²) in [7, 11) is 1.52. The minimum absolute atomic E-state index is 0.167. The summed E-state index contributed by atoms with van der Waals surface area (Å²) < 4.78 is 17.3. The van der Waals surface area contributed by atoms with Crippen molar-refractivity contribution in [1.29, 1.82) is 0 Å². The van der Waals surface area contributed by atoms with Crippen LogP contribution >= 0.6 is 0 Å². The Hall–Kier alpha value is -3.88. The molecule has 3 aromatic rings. The van der Waals surface area contributed by atoms with Crippen LogP contribution in [0.1, 0.15) is 19.5 Å². The zero-order valence-corrected chi connectivity index (χ0v) is 18.2. The highest BCUT2D eigenvalue weighted by atomic mass is 16.5. The fraction of sp³-hybridized carbons (Fsp3) is 0.304. The quantitative estimate of drug-likeness (QED) is 0.510. The smallest absolute Gasteiger partial charge is 0.312 e. The number of benzene rings is 2. The monoisotopic (exact) mass is 439 g/mol. The third kappa shape index (κ3) is 5.42. The number of hydrogen-bond donors (Lipinski definition) is 1. The van der Waals surface area contributed by atoms with E-state index in [-0.39, 0.29) is 12.0 Å². The number of anilines is 1. The lowest BCUT2D eigenvalue weighted by atomic mass is 10.1. The summed E-state index contributed by atoms with van der Waals surface area (Å²) in [6.45, 7) is 4.19. The summed E-state index contributed by atoms with van der Waals surface area (Å²) in [6.07, 6.45) is -0.167. The number of aromatic nitrogens is 2. The van der Waals surface area contributed by atoms with Crippen LogP contribution in [0.3, 0.4) is 0 Å². The first-order valence-corrected chi connectivity index (χ1v) is 10.2. The van der Waals surface area contributed by atoms with Crippen LogP contribution < -0.4 is 20.3 Å². The van der Waals surface area contributed by atoms with E-state index in [1.807, 2.05) is 13.8 Å². The van der Waals surface area contributed by atoms with Gasteiger partial charge in [0.15, 0.2) is 18.1 Å². The zero-order valence-electron chi connectivity index (χ0n) is 18.2. The Balaban J connectivity index is 1.62. The first kappa shape index (κ1) is 22.8. The number of carbonyl (C=O) groups excluding carboxylic acids is 2. The Morgan fingerprint density at radius 3 is 2.41 bits per heavy atom. The standard InChI is InChI=1S/C23H25N3O6/c1-4-30-19-11-10-15(12-20(19)31-5-2)24-21(27)14-32-22(28)13-18-16-8-6-7-9-17(16)23(29)26(3)25-18/h6-12H,4-5,13-14H2,1-3H3,(H,24,27). The predicted octanol–water partition coefficient (Wildman–Crippen LogP) is 2.46. The topological polar surface area (TPSA) is 109 Å². The highest BCUT2D eigenvalue weighted by molar-refractivity contribution is 5.93. The Morgan fingerprint density at radius 2 is 1.69 bits per heavy atom. The van der Waals surface area contributed by atoms with E-state index in [0.29, 0.717) is 46.9 Å². The molecule has 1 N–H and O–H groups in total. The molecule has 0 unspecified atom stereocenters. The van der Waals surface area contributed by atoms with Gasteiger partial charge in [-0.3, -0.25) is 14.4 Å². The molecule has 32 heavy (non-hydrogen) atoms. The van der Waals surface area contributed by atoms with E-state index in [2.05, 4.69) is 10.4 Å². The molecule has 1 aromatic heterocycles. The third-order valence-electron chi connectivity index (χ3n) is 4.54. The highest BCUT2D eigenvalue weighted by Crippen LogP contribution is 2.30. The lowest BCUT2D eigenvalue weighted by Crippen LogP contribution is -2.24. The first-order valence-electron chi connectivity index (χ1n) is 10.2. The average Bonchev–Trinajstić information content (AvgIpc) is 2.78. The number of rotatable bonds is 9. The van der Waals surface area contributed by atoms with Gasteiger partial charge >= 0.3 is 5.97 Å². The number of amides is 1. The molecule has 0 saturated heterocycles. The third-order valence-corrected chi connectivity index (χ3v) is 4.54. The minimum Gasteiger partial charge on any atom is -0.490 e. The molecule has 0 fully saturated rings. The molecule has 0 atom stereocenters. The summed E-state index contributed by atoms with van der Waals surface area (Å²) in [5, 5.41) is 7.87. The van der Waals surface area contributed by atoms with Crippen molar-refractivity contribution >= 4 is 28.3 Å². The van der Waals surface area contributed by atoms with Gasteiger partial charge in [-0.25, -0.2) is 4.68 Å². The molecule has 0 spiro atoms. The molecule has 9 nitrogen and oxygen atoms in total. The number of nitrogens with one attached hydrogen (secondary N) is 1. The van der Waals surface area contributed by atoms with Gasteiger partial charge in [-0.15, -0.1) is 0 Å². The number of carbonyl (C=O) groups is 2. The lowest BCUT2D eigenvalue weighted by molar-refractivity contribution is -0.146. The van der Waals surface area contributed by atoms with Crippen molar-refractivity contribution < 1.29 is 23.8 Å². The fourth-order valence-corrected chi connectivity index (χ4v) is 3.17. The van der Waals surface area contributed by atoms with Gasteiger partial charge in [0, 0.05) is 24.2 Å². The van der Waals surface area contributed by atoms with Crippen molar-refractivity contribution in [1.82, 2.24) is 9.78 Å². The van der Waals surface area contributed by atoms with E-state index in [4.69, 9.17) is 14.2 Å². The van der Waals surface area contributed by atoms with Crippen LogP contribution in [0.2, 0.25) is 0 Å². The first-order chi connectivity index (χ1) is 15.4. The van der Waals surface area contributed by atoms with E-state index < -0.39 is 18.5 Å². The molecule has 3 rings (SSSR count). The van der Waals surface area contributed by atoms with Gasteiger partial charge in [-0.1, -0.05) is 18.2 Å². The van der Waals surface area contributed by atoms with E-state index in [9.17, 15) is 14.4 Å². The number of ether oxygens (including phenoxy) is 3. The van der Waals surface area contributed by atoms with Crippen LogP contribution in [0.4, 0.5) is 5.69 Å². The second kappa shape index (κ2) is 10.4. The van der Waals surface area contributed by atoms with Gasteiger partial charge in [0.1, 0.15) is 0 Å². The summed E-state index contributed by atoms with van der Waals surface area (Å²) in [5.74, 6) is -0.0334. The second-order valence-electron chi connectivity index (χ2n) is 6.83. The molecule has 168 valence electrons. The average molecular weight is 439 g/mol. The number of aryl methyl sites for hydroxylation is 1.